The minimum Gasteiger partial charge on any atom is -0.381 e. The summed E-state index contributed by atoms with van der Waals surface area (Å²) in [4.78, 5) is 29.7. The van der Waals surface area contributed by atoms with Gasteiger partial charge in [-0.05, 0) is 18.2 Å². The van der Waals surface area contributed by atoms with E-state index in [0.717, 1.165) is 10.9 Å². The Bertz CT molecular complexity index is 1800. The van der Waals surface area contributed by atoms with Gasteiger partial charge in [-0.25, -0.2) is 18.4 Å². The third-order valence-corrected chi connectivity index (χ3v) is 8.32. The number of aromatic nitrogens is 4. The number of pyridine rings is 2. The molecular weight excluding hydrogens is 500 g/mol. The fraction of sp³-hybridized carbons (Fsp3) is 0.154. The zero-order chi connectivity index (χ0) is 24.9. The quantitative estimate of drug-likeness (QED) is 0.369. The van der Waals surface area contributed by atoms with E-state index in [2.05, 4.69) is 15.0 Å². The van der Waals surface area contributed by atoms with E-state index in [4.69, 9.17) is 21.3 Å². The van der Waals surface area contributed by atoms with E-state index in [1.165, 1.54) is 6.20 Å². The lowest BCUT2D eigenvalue weighted by molar-refractivity contribution is -0.0204. The molecule has 1 aliphatic heterocycles. The van der Waals surface area contributed by atoms with Gasteiger partial charge < -0.3 is 9.72 Å². The van der Waals surface area contributed by atoms with Crippen molar-refractivity contribution in [2.24, 2.45) is 5.92 Å². The van der Waals surface area contributed by atoms with Crippen molar-refractivity contribution < 1.29 is 13.2 Å². The minimum atomic E-state index is -3.84. The number of halogens is 1. The Morgan fingerprint density at radius 1 is 0.972 bits per heavy atom. The lowest BCUT2D eigenvalue weighted by Gasteiger charge is -2.25. The fourth-order valence-electron chi connectivity index (χ4n) is 4.31. The van der Waals surface area contributed by atoms with Crippen molar-refractivity contribution in [3.63, 3.8) is 0 Å². The number of rotatable bonds is 5. The number of nitrogens with zero attached hydrogens (tertiary/aromatic N) is 3. The van der Waals surface area contributed by atoms with Crippen molar-refractivity contribution in [1.82, 2.24) is 19.9 Å². The number of hydrogen-bond donors (Lipinski definition) is 1. The van der Waals surface area contributed by atoms with Gasteiger partial charge in [0.15, 0.2) is 21.0 Å². The van der Waals surface area contributed by atoms with Crippen LogP contribution in [-0.2, 0) is 14.6 Å². The number of nitrogens with one attached hydrogen (secondary N) is 1. The molecule has 0 unspecified atom stereocenters. The van der Waals surface area contributed by atoms with Crippen LogP contribution in [0.25, 0.3) is 44.6 Å². The first-order valence-corrected chi connectivity index (χ1v) is 13.3. The van der Waals surface area contributed by atoms with Crippen molar-refractivity contribution in [3.05, 3.63) is 82.2 Å². The van der Waals surface area contributed by atoms with Crippen molar-refractivity contribution in [3.8, 4) is 22.5 Å². The Morgan fingerprint density at radius 3 is 2.50 bits per heavy atom. The van der Waals surface area contributed by atoms with Crippen molar-refractivity contribution in [2.75, 3.05) is 19.0 Å². The van der Waals surface area contributed by atoms with E-state index >= 15 is 0 Å². The van der Waals surface area contributed by atoms with Crippen molar-refractivity contribution >= 4 is 43.5 Å². The summed E-state index contributed by atoms with van der Waals surface area (Å²) in [5, 5.41) is 1.23. The minimum absolute atomic E-state index is 0.0574. The van der Waals surface area contributed by atoms with Crippen molar-refractivity contribution in [2.45, 2.75) is 4.90 Å². The highest BCUT2D eigenvalue weighted by Gasteiger charge is 2.29. The lowest BCUT2D eigenvalue weighted by Crippen LogP contribution is -2.35. The van der Waals surface area contributed by atoms with Gasteiger partial charge in [0.25, 0.3) is 0 Å². The van der Waals surface area contributed by atoms with E-state index in [9.17, 15) is 13.2 Å². The van der Waals surface area contributed by atoms with Gasteiger partial charge in [0.05, 0.1) is 40.9 Å². The van der Waals surface area contributed by atoms with Gasteiger partial charge in [0.2, 0.25) is 5.43 Å². The molecule has 4 heterocycles. The van der Waals surface area contributed by atoms with Crippen LogP contribution in [0.1, 0.15) is 0 Å². The molecule has 0 amide bonds. The largest absolute Gasteiger partial charge is 0.381 e. The SMILES string of the molecule is O=c1c(S(=O)(=O)CC2COC2)c[nH]c2nc(-c3ccccc3)c(-c3cc(Cl)c4ncccc4c3)nc12. The third kappa shape index (κ3) is 3.95. The summed E-state index contributed by atoms with van der Waals surface area (Å²) < 4.78 is 31.1. The Morgan fingerprint density at radius 2 is 1.75 bits per heavy atom. The molecule has 2 aromatic carbocycles. The van der Waals surface area contributed by atoms with Crippen LogP contribution in [0.4, 0.5) is 0 Å². The molecule has 1 aliphatic rings. The van der Waals surface area contributed by atoms with Gasteiger partial charge in [-0.1, -0.05) is 48.0 Å². The first-order valence-electron chi connectivity index (χ1n) is 11.2. The summed E-state index contributed by atoms with van der Waals surface area (Å²) in [6, 6.07) is 16.7. The van der Waals surface area contributed by atoms with Gasteiger partial charge in [-0.2, -0.15) is 0 Å². The van der Waals surface area contributed by atoms with Crippen LogP contribution in [0.2, 0.25) is 5.02 Å². The number of sulfone groups is 1. The maximum Gasteiger partial charge on any atom is 0.228 e. The first kappa shape index (κ1) is 22.8. The molecule has 36 heavy (non-hydrogen) atoms. The van der Waals surface area contributed by atoms with E-state index in [0.29, 0.717) is 40.7 Å². The Hall–Kier alpha value is -3.66. The second-order valence-electron chi connectivity index (χ2n) is 8.68. The van der Waals surface area contributed by atoms with Crippen LogP contribution in [0.3, 0.4) is 0 Å². The highest BCUT2D eigenvalue weighted by molar-refractivity contribution is 7.91. The topological polar surface area (TPSA) is 115 Å². The molecule has 180 valence electrons. The van der Waals surface area contributed by atoms with Crippen LogP contribution in [0, 0.1) is 5.92 Å². The summed E-state index contributed by atoms with van der Waals surface area (Å²) in [7, 11) is -3.84. The predicted octanol–water partition coefficient (Wildman–Crippen LogP) is 4.27. The molecular formula is C26H19ClN4O4S. The Balaban J connectivity index is 1.60. The average molecular weight is 519 g/mol. The smallest absolute Gasteiger partial charge is 0.228 e. The number of H-pyrrole nitrogens is 1. The summed E-state index contributed by atoms with van der Waals surface area (Å²) in [5.41, 5.74) is 2.45. The molecule has 0 radical (unpaired) electrons. The molecule has 0 aliphatic carbocycles. The molecule has 1 fully saturated rings. The second-order valence-corrected chi connectivity index (χ2v) is 11.1. The molecule has 0 spiro atoms. The maximum absolute atomic E-state index is 13.4. The zero-order valence-electron chi connectivity index (χ0n) is 18.8. The standard InChI is InChI=1S/C26H19ClN4O4S/c27-19-10-18(9-17-7-4-8-28-21(17)19)23-22(16-5-2-1-3-6-16)31-26-24(30-23)25(32)20(11-29-26)36(33,34)14-15-12-35-13-15/h1-11,15H,12-14H2,(H,29,31,32). The molecule has 1 saturated heterocycles. The van der Waals surface area contributed by atoms with E-state index in [1.807, 2.05) is 48.5 Å². The first-order chi connectivity index (χ1) is 17.4. The summed E-state index contributed by atoms with van der Waals surface area (Å²) in [5.74, 6) is -0.280. The second kappa shape index (κ2) is 8.77. The molecule has 0 saturated carbocycles. The van der Waals surface area contributed by atoms with Crippen LogP contribution < -0.4 is 5.43 Å². The fourth-order valence-corrected chi connectivity index (χ4v) is 6.19. The van der Waals surface area contributed by atoms with Crippen LogP contribution in [0.15, 0.2) is 76.7 Å². The molecule has 1 N–H and O–H groups in total. The molecule has 5 aromatic rings. The number of ether oxygens (including phenoxy) is 1. The Kier molecular flexibility index (Phi) is 5.55. The van der Waals surface area contributed by atoms with Crippen LogP contribution in [0.5, 0.6) is 0 Å². The summed E-state index contributed by atoms with van der Waals surface area (Å²) >= 11 is 6.54. The normalized spacial score (nSPS) is 14.2. The average Bonchev–Trinajstić information content (AvgIpc) is 2.86. The van der Waals surface area contributed by atoms with Crippen LogP contribution in [-0.4, -0.2) is 47.3 Å². The van der Waals surface area contributed by atoms with Gasteiger partial charge in [-0.15, -0.1) is 0 Å². The Labute approximate surface area is 210 Å². The molecule has 0 bridgehead atoms. The van der Waals surface area contributed by atoms with Crippen molar-refractivity contribution in [1.29, 1.82) is 0 Å². The van der Waals surface area contributed by atoms with E-state index in [1.54, 1.807) is 12.3 Å². The zero-order valence-corrected chi connectivity index (χ0v) is 20.4. The van der Waals surface area contributed by atoms with Crippen LogP contribution >= 0.6 is 11.6 Å². The van der Waals surface area contributed by atoms with E-state index in [-0.39, 0.29) is 27.7 Å². The van der Waals surface area contributed by atoms with Gasteiger partial charge in [-0.3, -0.25) is 9.78 Å². The van der Waals surface area contributed by atoms with E-state index < -0.39 is 15.3 Å². The molecule has 3 aromatic heterocycles. The molecule has 8 nitrogen and oxygen atoms in total. The monoisotopic (exact) mass is 518 g/mol. The van der Waals surface area contributed by atoms with Gasteiger partial charge in [0.1, 0.15) is 4.90 Å². The number of fused-ring (bicyclic) bond motifs is 2. The maximum atomic E-state index is 13.4. The predicted molar refractivity (Wildman–Crippen MR) is 138 cm³/mol. The lowest BCUT2D eigenvalue weighted by atomic mass is 10.0. The number of hydrogen-bond acceptors (Lipinski definition) is 7. The third-order valence-electron chi connectivity index (χ3n) is 6.15. The summed E-state index contributed by atoms with van der Waals surface area (Å²) in [6.45, 7) is 0.735. The highest BCUT2D eigenvalue weighted by Crippen LogP contribution is 2.34. The molecule has 6 rings (SSSR count). The summed E-state index contributed by atoms with van der Waals surface area (Å²) in [6.07, 6.45) is 2.87. The number of aromatic amines is 1. The van der Waals surface area contributed by atoms with Gasteiger partial charge >= 0.3 is 0 Å². The van der Waals surface area contributed by atoms with Gasteiger partial charge in [0, 0.05) is 34.8 Å². The highest BCUT2D eigenvalue weighted by atomic mass is 35.5. The molecule has 10 heteroatoms. The number of benzene rings is 2. The molecule has 0 atom stereocenters.